The smallest absolute Gasteiger partial charge is 0.224 e. The Bertz CT molecular complexity index is 772. The van der Waals surface area contributed by atoms with Gasteiger partial charge in [0, 0.05) is 24.0 Å². The van der Waals surface area contributed by atoms with Gasteiger partial charge in [-0.05, 0) is 56.6 Å². The summed E-state index contributed by atoms with van der Waals surface area (Å²) in [7, 11) is 0. The molecule has 3 aliphatic rings. The van der Waals surface area contributed by atoms with Crippen LogP contribution in [0.3, 0.4) is 0 Å². The average molecular weight is 437 g/mol. The number of amidine groups is 1. The largest absolute Gasteiger partial charge is 0.390 e. The lowest BCUT2D eigenvalue weighted by atomic mass is 9.81. The van der Waals surface area contributed by atoms with Gasteiger partial charge in [-0.15, -0.1) is 0 Å². The third-order valence-electron chi connectivity index (χ3n) is 6.09. The van der Waals surface area contributed by atoms with Crippen LogP contribution in [0.15, 0.2) is 29.3 Å². The number of nitrogens with zero attached hydrogens (tertiary/aromatic N) is 2. The van der Waals surface area contributed by atoms with Crippen molar-refractivity contribution in [1.29, 1.82) is 0 Å². The molecule has 1 aromatic rings. The summed E-state index contributed by atoms with van der Waals surface area (Å²) in [5, 5.41) is 27.2. The van der Waals surface area contributed by atoms with Gasteiger partial charge in [-0.3, -0.25) is 9.79 Å². The van der Waals surface area contributed by atoms with Crippen molar-refractivity contribution in [3.8, 4) is 0 Å². The number of halogens is 1. The van der Waals surface area contributed by atoms with Gasteiger partial charge in [-0.2, -0.15) is 0 Å². The summed E-state index contributed by atoms with van der Waals surface area (Å²) in [6, 6.07) is 5.37. The second-order valence-electron chi connectivity index (χ2n) is 8.23. The van der Waals surface area contributed by atoms with E-state index in [0.29, 0.717) is 17.4 Å². The number of piperidine rings is 1. The van der Waals surface area contributed by atoms with Gasteiger partial charge in [0.25, 0.3) is 0 Å². The Kier molecular flexibility index (Phi) is 6.92. The number of aliphatic hydroxyl groups excluding tert-OH is 2. The monoisotopic (exact) mass is 436 g/mol. The second-order valence-corrected chi connectivity index (χ2v) is 9.40. The molecule has 2 heterocycles. The molecule has 1 aromatic carbocycles. The van der Waals surface area contributed by atoms with E-state index < -0.39 is 24.2 Å². The minimum Gasteiger partial charge on any atom is -0.390 e. The molecular weight excluding hydrogens is 407 g/mol. The number of fused-ring (bicyclic) bond motifs is 1. The Morgan fingerprint density at radius 1 is 1.20 bits per heavy atom. The molecule has 4 N–H and O–H groups in total. The summed E-state index contributed by atoms with van der Waals surface area (Å²) in [5.41, 5.74) is 0.680. The van der Waals surface area contributed by atoms with E-state index in [0.717, 1.165) is 19.6 Å². The highest BCUT2D eigenvalue weighted by Crippen LogP contribution is 2.41. The number of hydrogen-bond donors (Lipinski definition) is 4. The molecule has 0 spiro atoms. The van der Waals surface area contributed by atoms with Crippen LogP contribution in [-0.4, -0.2) is 75.9 Å². The van der Waals surface area contributed by atoms with Crippen LogP contribution in [0.5, 0.6) is 0 Å². The van der Waals surface area contributed by atoms with E-state index in [9.17, 15) is 19.4 Å². The molecule has 1 saturated heterocycles. The third kappa shape index (κ3) is 4.96. The van der Waals surface area contributed by atoms with Crippen LogP contribution in [0.2, 0.25) is 0 Å². The van der Waals surface area contributed by atoms with Crippen LogP contribution in [0.4, 0.5) is 10.1 Å². The molecule has 30 heavy (non-hydrogen) atoms. The molecule has 164 valence electrons. The molecule has 1 saturated carbocycles. The third-order valence-corrected chi connectivity index (χ3v) is 7.41. The topological polar surface area (TPSA) is 97.2 Å². The first-order valence-corrected chi connectivity index (χ1v) is 11.5. The lowest BCUT2D eigenvalue weighted by Gasteiger charge is -2.37. The Morgan fingerprint density at radius 3 is 2.67 bits per heavy atom. The van der Waals surface area contributed by atoms with Crippen molar-refractivity contribution in [3.63, 3.8) is 0 Å². The first-order valence-electron chi connectivity index (χ1n) is 10.6. The number of hydrogen-bond acceptors (Lipinski definition) is 7. The molecule has 0 unspecified atom stereocenters. The zero-order valence-corrected chi connectivity index (χ0v) is 17.7. The molecule has 0 radical (unpaired) electrons. The molecule has 1 aliphatic carbocycles. The standard InChI is InChI=1S/C21H29FN4O3S/c22-13-4-6-14(7-5-13)24-21-25-17-18(28)16(27)12-15(19(17)30-21)20(29)23-8-11-26-9-2-1-3-10-26/h4-7,15-19,27-28H,1-3,8-12H2,(H,23,29)(H,24,25)/t15-,16+,17-,18-,19+/m0/s1. The number of likely N-dealkylation sites (tertiary alicyclic amines) is 1. The Balaban J connectivity index is 1.36. The van der Waals surface area contributed by atoms with E-state index in [-0.39, 0.29) is 23.4 Å². The maximum Gasteiger partial charge on any atom is 0.224 e. The van der Waals surface area contributed by atoms with E-state index in [2.05, 4.69) is 20.5 Å². The van der Waals surface area contributed by atoms with Gasteiger partial charge in [0.1, 0.15) is 11.9 Å². The number of benzene rings is 1. The summed E-state index contributed by atoms with van der Waals surface area (Å²) in [5.74, 6) is -0.857. The summed E-state index contributed by atoms with van der Waals surface area (Å²) >= 11 is 1.40. The fraction of sp³-hybridized carbons (Fsp3) is 0.619. The number of thioether (sulfide) groups is 1. The average Bonchev–Trinajstić information content (AvgIpc) is 3.17. The van der Waals surface area contributed by atoms with Gasteiger partial charge in [-0.25, -0.2) is 4.39 Å². The Morgan fingerprint density at radius 2 is 1.93 bits per heavy atom. The van der Waals surface area contributed by atoms with Crippen molar-refractivity contribution in [2.75, 3.05) is 31.5 Å². The van der Waals surface area contributed by atoms with Crippen LogP contribution < -0.4 is 10.6 Å². The lowest BCUT2D eigenvalue weighted by Crippen LogP contribution is -2.54. The van der Waals surface area contributed by atoms with Crippen molar-refractivity contribution < 1.29 is 19.4 Å². The van der Waals surface area contributed by atoms with Crippen LogP contribution >= 0.6 is 11.8 Å². The molecule has 2 aliphatic heterocycles. The zero-order valence-electron chi connectivity index (χ0n) is 16.8. The predicted molar refractivity (Wildman–Crippen MR) is 116 cm³/mol. The van der Waals surface area contributed by atoms with Crippen LogP contribution in [-0.2, 0) is 4.79 Å². The molecule has 9 heteroatoms. The second kappa shape index (κ2) is 9.64. The van der Waals surface area contributed by atoms with Crippen molar-refractivity contribution in [2.45, 2.75) is 49.2 Å². The summed E-state index contributed by atoms with van der Waals surface area (Å²) in [6.45, 7) is 3.57. The number of carbonyl (C=O) groups excluding carboxylic acids is 1. The SMILES string of the molecule is O=C(NCCN1CCCCC1)[C@H]1C[C@@H](O)[C@H](O)[C@@H]2N=C(Nc3ccc(F)cc3)S[C@@H]21. The van der Waals surface area contributed by atoms with E-state index >= 15 is 0 Å². The van der Waals surface area contributed by atoms with Gasteiger partial charge in [0.2, 0.25) is 5.91 Å². The van der Waals surface area contributed by atoms with E-state index in [1.54, 1.807) is 12.1 Å². The number of carbonyl (C=O) groups is 1. The van der Waals surface area contributed by atoms with Gasteiger partial charge >= 0.3 is 0 Å². The lowest BCUT2D eigenvalue weighted by molar-refractivity contribution is -0.129. The maximum absolute atomic E-state index is 13.1. The molecular formula is C21H29FN4O3S. The Hall–Kier alpha value is -1.68. The number of nitrogens with one attached hydrogen (secondary N) is 2. The molecule has 5 atom stereocenters. The predicted octanol–water partition coefficient (Wildman–Crippen LogP) is 1.42. The fourth-order valence-electron chi connectivity index (χ4n) is 4.42. The van der Waals surface area contributed by atoms with Gasteiger partial charge < -0.3 is 25.7 Å². The van der Waals surface area contributed by atoms with Crippen molar-refractivity contribution in [2.24, 2.45) is 10.9 Å². The van der Waals surface area contributed by atoms with Crippen LogP contribution in [0, 0.1) is 11.7 Å². The van der Waals surface area contributed by atoms with Crippen molar-refractivity contribution in [3.05, 3.63) is 30.1 Å². The van der Waals surface area contributed by atoms with Crippen LogP contribution in [0.25, 0.3) is 0 Å². The normalized spacial score (nSPS) is 31.7. The van der Waals surface area contributed by atoms with E-state index in [1.807, 2.05) is 0 Å². The first-order chi connectivity index (χ1) is 14.5. The molecule has 0 aromatic heterocycles. The maximum atomic E-state index is 13.1. The van der Waals surface area contributed by atoms with Crippen LogP contribution in [0.1, 0.15) is 25.7 Å². The van der Waals surface area contributed by atoms with E-state index in [4.69, 9.17) is 0 Å². The number of rotatable bonds is 5. The number of aliphatic imine (C=N–C) groups is 1. The first kappa shape index (κ1) is 21.5. The van der Waals surface area contributed by atoms with E-state index in [1.165, 1.54) is 43.2 Å². The number of aliphatic hydroxyl groups is 2. The molecule has 0 bridgehead atoms. The van der Waals surface area contributed by atoms with Gasteiger partial charge in [-0.1, -0.05) is 18.2 Å². The highest BCUT2D eigenvalue weighted by Gasteiger charge is 2.50. The minimum atomic E-state index is -1.01. The molecule has 1 amide bonds. The molecule has 7 nitrogen and oxygen atoms in total. The van der Waals surface area contributed by atoms with Crippen molar-refractivity contribution in [1.82, 2.24) is 10.2 Å². The summed E-state index contributed by atoms with van der Waals surface area (Å²) in [6.07, 6.45) is 1.92. The van der Waals surface area contributed by atoms with Gasteiger partial charge in [0.15, 0.2) is 5.17 Å². The fourth-order valence-corrected chi connectivity index (χ4v) is 5.79. The zero-order chi connectivity index (χ0) is 21.1. The quantitative estimate of drug-likeness (QED) is 0.558. The summed E-state index contributed by atoms with van der Waals surface area (Å²) < 4.78 is 13.1. The Labute approximate surface area is 180 Å². The molecule has 2 fully saturated rings. The number of anilines is 1. The number of amides is 1. The highest BCUT2D eigenvalue weighted by atomic mass is 32.2. The molecule has 4 rings (SSSR count). The van der Waals surface area contributed by atoms with Gasteiger partial charge in [0.05, 0.1) is 18.1 Å². The van der Waals surface area contributed by atoms with Crippen molar-refractivity contribution >= 4 is 28.5 Å². The highest BCUT2D eigenvalue weighted by molar-refractivity contribution is 8.15. The minimum absolute atomic E-state index is 0.0984. The summed E-state index contributed by atoms with van der Waals surface area (Å²) in [4.78, 5) is 19.8.